The molecule has 0 aliphatic rings. The van der Waals surface area contributed by atoms with E-state index in [1.54, 1.807) is 10.8 Å². The van der Waals surface area contributed by atoms with Crippen LogP contribution in [-0.4, -0.2) is 9.13 Å². The van der Waals surface area contributed by atoms with E-state index in [-0.39, 0.29) is 11.2 Å². The van der Waals surface area contributed by atoms with Gasteiger partial charge in [0.05, 0.1) is 6.54 Å². The zero-order chi connectivity index (χ0) is 17.8. The lowest BCUT2D eigenvalue weighted by molar-refractivity contribution is 0.577. The Morgan fingerprint density at radius 1 is 0.840 bits per heavy atom. The molecule has 128 valence electrons. The second-order valence-corrected chi connectivity index (χ2v) is 6.45. The first-order valence-corrected chi connectivity index (χ1v) is 8.44. The van der Waals surface area contributed by atoms with Crippen LogP contribution in [0.1, 0.15) is 22.3 Å². The first-order chi connectivity index (χ1) is 12.0. The van der Waals surface area contributed by atoms with Gasteiger partial charge < -0.3 is 4.57 Å². The third-order valence-corrected chi connectivity index (χ3v) is 4.25. The number of hydrogen-bond donors (Lipinski definition) is 0. The van der Waals surface area contributed by atoms with Crippen molar-refractivity contribution in [3.05, 3.63) is 104 Å². The van der Waals surface area contributed by atoms with E-state index in [1.807, 2.05) is 56.3 Å². The molecule has 0 amide bonds. The fourth-order valence-electron chi connectivity index (χ4n) is 3.11. The summed E-state index contributed by atoms with van der Waals surface area (Å²) in [5.41, 5.74) is 3.87. The minimum absolute atomic E-state index is 0.261. The maximum atomic E-state index is 12.7. The molecule has 0 fully saturated rings. The standard InChI is InChI=1S/C21H22N2O2/c1-16-12-17(2)14-19(13-16)15-23-20(24)9-11-22(21(23)25)10-8-18-6-4-3-5-7-18/h3-7,9,11-14H,8,10,15H2,1-2H3. The highest BCUT2D eigenvalue weighted by Gasteiger charge is 2.07. The van der Waals surface area contributed by atoms with E-state index in [2.05, 4.69) is 6.07 Å². The van der Waals surface area contributed by atoms with Crippen molar-refractivity contribution < 1.29 is 0 Å². The third-order valence-electron chi connectivity index (χ3n) is 4.25. The molecule has 1 heterocycles. The lowest BCUT2D eigenvalue weighted by Gasteiger charge is -2.11. The molecule has 0 saturated heterocycles. The summed E-state index contributed by atoms with van der Waals surface area (Å²) in [6, 6.07) is 17.6. The summed E-state index contributed by atoms with van der Waals surface area (Å²) >= 11 is 0. The quantitative estimate of drug-likeness (QED) is 0.720. The molecule has 4 heteroatoms. The Morgan fingerprint density at radius 2 is 1.52 bits per heavy atom. The van der Waals surface area contributed by atoms with Crippen LogP contribution in [0.4, 0.5) is 0 Å². The van der Waals surface area contributed by atoms with Crippen molar-refractivity contribution in [3.8, 4) is 0 Å². The van der Waals surface area contributed by atoms with Crippen molar-refractivity contribution in [2.24, 2.45) is 0 Å². The van der Waals surface area contributed by atoms with E-state index in [0.29, 0.717) is 13.1 Å². The minimum Gasteiger partial charge on any atom is -0.300 e. The molecule has 3 rings (SSSR count). The van der Waals surface area contributed by atoms with Gasteiger partial charge in [0, 0.05) is 18.8 Å². The van der Waals surface area contributed by atoms with Gasteiger partial charge in [-0.1, -0.05) is 59.7 Å². The van der Waals surface area contributed by atoms with Crippen molar-refractivity contribution in [1.29, 1.82) is 0 Å². The molecule has 0 spiro atoms. The average Bonchev–Trinajstić information content (AvgIpc) is 2.58. The maximum absolute atomic E-state index is 12.7. The summed E-state index contributed by atoms with van der Waals surface area (Å²) in [6.07, 6.45) is 2.34. The van der Waals surface area contributed by atoms with Gasteiger partial charge >= 0.3 is 5.69 Å². The first kappa shape index (κ1) is 17.0. The number of hydrogen-bond acceptors (Lipinski definition) is 2. The van der Waals surface area contributed by atoms with E-state index in [0.717, 1.165) is 23.1 Å². The smallest absolute Gasteiger partial charge is 0.300 e. The Balaban J connectivity index is 1.87. The van der Waals surface area contributed by atoms with Crippen LogP contribution in [0.25, 0.3) is 0 Å². The largest absolute Gasteiger partial charge is 0.331 e. The van der Waals surface area contributed by atoms with Crippen LogP contribution in [0.3, 0.4) is 0 Å². The lowest BCUT2D eigenvalue weighted by atomic mass is 10.1. The summed E-state index contributed by atoms with van der Waals surface area (Å²) in [5.74, 6) is 0. The van der Waals surface area contributed by atoms with Gasteiger partial charge in [-0.15, -0.1) is 0 Å². The highest BCUT2D eigenvalue weighted by Crippen LogP contribution is 2.09. The highest BCUT2D eigenvalue weighted by atomic mass is 16.2. The molecular weight excluding hydrogens is 312 g/mol. The van der Waals surface area contributed by atoms with Crippen molar-refractivity contribution in [2.75, 3.05) is 0 Å². The molecule has 0 bridgehead atoms. The molecule has 25 heavy (non-hydrogen) atoms. The van der Waals surface area contributed by atoms with Crippen LogP contribution in [0.2, 0.25) is 0 Å². The van der Waals surface area contributed by atoms with Crippen molar-refractivity contribution >= 4 is 0 Å². The van der Waals surface area contributed by atoms with Crippen molar-refractivity contribution in [1.82, 2.24) is 9.13 Å². The summed E-state index contributed by atoms with van der Waals surface area (Å²) < 4.78 is 2.91. The van der Waals surface area contributed by atoms with Gasteiger partial charge in [-0.05, 0) is 31.4 Å². The minimum atomic E-state index is -0.264. The molecule has 1 aromatic heterocycles. The molecule has 0 atom stereocenters. The Morgan fingerprint density at radius 3 is 2.20 bits per heavy atom. The monoisotopic (exact) mass is 334 g/mol. The predicted molar refractivity (Wildman–Crippen MR) is 100 cm³/mol. The predicted octanol–water partition coefficient (Wildman–Crippen LogP) is 2.92. The second-order valence-electron chi connectivity index (χ2n) is 6.45. The zero-order valence-electron chi connectivity index (χ0n) is 14.6. The van der Waals surface area contributed by atoms with E-state index >= 15 is 0 Å². The van der Waals surface area contributed by atoms with Crippen LogP contribution < -0.4 is 11.2 Å². The average molecular weight is 334 g/mol. The Hall–Kier alpha value is -2.88. The fraction of sp³-hybridized carbons (Fsp3) is 0.238. The molecule has 3 aromatic rings. The van der Waals surface area contributed by atoms with Gasteiger partial charge in [-0.2, -0.15) is 0 Å². The van der Waals surface area contributed by atoms with Crippen LogP contribution >= 0.6 is 0 Å². The Kier molecular flexibility index (Phi) is 4.98. The molecule has 0 unspecified atom stereocenters. The third kappa shape index (κ3) is 4.15. The van der Waals surface area contributed by atoms with Crippen LogP contribution in [0.5, 0.6) is 0 Å². The maximum Gasteiger partial charge on any atom is 0.331 e. The van der Waals surface area contributed by atoms with E-state index in [1.165, 1.54) is 16.2 Å². The Labute approximate surface area is 147 Å². The van der Waals surface area contributed by atoms with Crippen molar-refractivity contribution in [2.45, 2.75) is 33.4 Å². The number of benzene rings is 2. The molecule has 0 aliphatic heterocycles. The molecule has 0 saturated carbocycles. The summed E-state index contributed by atoms with van der Waals surface area (Å²) in [5, 5.41) is 0. The molecule has 0 N–H and O–H groups in total. The van der Waals surface area contributed by atoms with E-state index in [9.17, 15) is 9.59 Å². The van der Waals surface area contributed by atoms with E-state index < -0.39 is 0 Å². The highest BCUT2D eigenvalue weighted by molar-refractivity contribution is 5.28. The zero-order valence-corrected chi connectivity index (χ0v) is 14.6. The summed E-state index contributed by atoms with van der Waals surface area (Å²) in [7, 11) is 0. The van der Waals surface area contributed by atoms with Gasteiger partial charge in [-0.3, -0.25) is 9.36 Å². The van der Waals surface area contributed by atoms with Gasteiger partial charge in [0.25, 0.3) is 5.56 Å². The van der Waals surface area contributed by atoms with Gasteiger partial charge in [0.15, 0.2) is 0 Å². The van der Waals surface area contributed by atoms with Gasteiger partial charge in [0.2, 0.25) is 0 Å². The second kappa shape index (κ2) is 7.34. The van der Waals surface area contributed by atoms with Crippen LogP contribution in [-0.2, 0) is 19.5 Å². The van der Waals surface area contributed by atoms with Crippen molar-refractivity contribution in [3.63, 3.8) is 0 Å². The van der Waals surface area contributed by atoms with Gasteiger partial charge in [-0.25, -0.2) is 4.79 Å². The first-order valence-electron chi connectivity index (χ1n) is 8.44. The summed E-state index contributed by atoms with van der Waals surface area (Å²) in [6.45, 7) is 4.88. The fourth-order valence-corrected chi connectivity index (χ4v) is 3.11. The molecule has 0 radical (unpaired) electrons. The lowest BCUT2D eigenvalue weighted by Crippen LogP contribution is -2.39. The number of rotatable bonds is 5. The molecule has 2 aromatic carbocycles. The topological polar surface area (TPSA) is 44.0 Å². The summed E-state index contributed by atoms with van der Waals surface area (Å²) in [4.78, 5) is 24.9. The van der Waals surface area contributed by atoms with Crippen LogP contribution in [0, 0.1) is 13.8 Å². The number of nitrogens with zero attached hydrogens (tertiary/aromatic N) is 2. The number of aromatic nitrogens is 2. The van der Waals surface area contributed by atoms with Gasteiger partial charge in [0.1, 0.15) is 0 Å². The SMILES string of the molecule is Cc1cc(C)cc(Cn2c(=O)ccn(CCc3ccccc3)c2=O)c1. The Bertz CT molecular complexity index is 965. The normalized spacial score (nSPS) is 10.8. The van der Waals surface area contributed by atoms with E-state index in [4.69, 9.17) is 0 Å². The molecule has 0 aliphatic carbocycles. The number of aryl methyl sites for hydroxylation is 4. The molecular formula is C21H22N2O2. The van der Waals surface area contributed by atoms with Crippen LogP contribution in [0.15, 0.2) is 70.4 Å². The molecule has 4 nitrogen and oxygen atoms in total.